The van der Waals surface area contributed by atoms with E-state index in [1.54, 1.807) is 24.3 Å². The quantitative estimate of drug-likeness (QED) is 0.399. The van der Waals surface area contributed by atoms with Crippen LogP contribution in [0.3, 0.4) is 0 Å². The van der Waals surface area contributed by atoms with Gasteiger partial charge >= 0.3 is 0 Å². The Labute approximate surface area is 160 Å². The molecule has 0 radical (unpaired) electrons. The first kappa shape index (κ1) is 19.9. The fraction of sp³-hybridized carbons (Fsp3) is 0.227. The van der Waals surface area contributed by atoms with Crippen LogP contribution in [-0.2, 0) is 6.42 Å². The van der Waals surface area contributed by atoms with Crippen molar-refractivity contribution in [2.45, 2.75) is 12.8 Å². The number of allylic oxidation sites excluding steroid dienone is 3. The van der Waals surface area contributed by atoms with Crippen LogP contribution in [0.5, 0.6) is 17.2 Å². The van der Waals surface area contributed by atoms with Gasteiger partial charge in [-0.1, -0.05) is 42.5 Å². The number of phenols is 1. The molecule has 0 unspecified atom stereocenters. The second-order valence-electron chi connectivity index (χ2n) is 5.84. The van der Waals surface area contributed by atoms with Crippen LogP contribution in [0, 0.1) is 11.3 Å². The summed E-state index contributed by atoms with van der Waals surface area (Å²) < 4.78 is 10.3. The summed E-state index contributed by atoms with van der Waals surface area (Å²) >= 11 is 0. The maximum Gasteiger partial charge on any atom is 0.200 e. The first-order valence-corrected chi connectivity index (χ1v) is 8.69. The Kier molecular flexibility index (Phi) is 7.80. The van der Waals surface area contributed by atoms with Crippen LogP contribution in [-0.4, -0.2) is 25.9 Å². The number of benzene rings is 2. The maximum atomic E-state index is 9.93. The van der Waals surface area contributed by atoms with Gasteiger partial charge in [-0.25, -0.2) is 0 Å². The number of nitrogens with zero attached hydrogens (tertiary/aromatic N) is 1. The SMILES string of the molecule is COc1cc(C=CC=C(C#N)NCCCc2ccccc2)cc(OC)c1O. The number of hydrogen-bond acceptors (Lipinski definition) is 5. The zero-order valence-electron chi connectivity index (χ0n) is 15.6. The molecule has 0 aromatic heterocycles. The Morgan fingerprint density at radius 1 is 1.15 bits per heavy atom. The topological polar surface area (TPSA) is 74.5 Å². The minimum atomic E-state index is -0.0366. The number of nitrogens with one attached hydrogen (secondary N) is 1. The van der Waals surface area contributed by atoms with E-state index in [1.807, 2.05) is 24.3 Å². The third kappa shape index (κ3) is 6.12. The molecule has 0 saturated heterocycles. The number of phenolic OH excluding ortho intramolecular Hbond substituents is 1. The third-order valence-electron chi connectivity index (χ3n) is 3.97. The molecule has 0 amide bonds. The highest BCUT2D eigenvalue weighted by Gasteiger charge is 2.09. The number of hydrogen-bond donors (Lipinski definition) is 2. The van der Waals surface area contributed by atoms with Crippen LogP contribution in [0.15, 0.2) is 60.3 Å². The van der Waals surface area contributed by atoms with E-state index >= 15 is 0 Å². The van der Waals surface area contributed by atoms with Crippen molar-refractivity contribution in [2.75, 3.05) is 20.8 Å². The monoisotopic (exact) mass is 364 g/mol. The van der Waals surface area contributed by atoms with Crippen molar-refractivity contribution < 1.29 is 14.6 Å². The van der Waals surface area contributed by atoms with Gasteiger partial charge < -0.3 is 19.9 Å². The van der Waals surface area contributed by atoms with E-state index in [4.69, 9.17) is 9.47 Å². The molecular formula is C22H24N2O3. The van der Waals surface area contributed by atoms with Gasteiger partial charge in [0.2, 0.25) is 5.75 Å². The molecule has 5 nitrogen and oxygen atoms in total. The van der Waals surface area contributed by atoms with Gasteiger partial charge in [0.15, 0.2) is 11.5 Å². The maximum absolute atomic E-state index is 9.93. The largest absolute Gasteiger partial charge is 0.502 e. The molecule has 0 aliphatic heterocycles. The van der Waals surface area contributed by atoms with Gasteiger partial charge in [-0.3, -0.25) is 0 Å². The molecule has 5 heteroatoms. The highest BCUT2D eigenvalue weighted by molar-refractivity contribution is 5.62. The predicted octanol–water partition coefficient (Wildman–Crippen LogP) is 4.05. The summed E-state index contributed by atoms with van der Waals surface area (Å²) in [6.07, 6.45) is 7.21. The third-order valence-corrected chi connectivity index (χ3v) is 3.97. The Morgan fingerprint density at radius 3 is 2.41 bits per heavy atom. The summed E-state index contributed by atoms with van der Waals surface area (Å²) in [5.41, 5.74) is 2.58. The molecule has 0 spiro atoms. The molecule has 2 N–H and O–H groups in total. The molecule has 0 atom stereocenters. The highest BCUT2D eigenvalue weighted by Crippen LogP contribution is 2.37. The number of nitriles is 1. The van der Waals surface area contributed by atoms with E-state index in [9.17, 15) is 10.4 Å². The van der Waals surface area contributed by atoms with E-state index in [2.05, 4.69) is 23.5 Å². The summed E-state index contributed by atoms with van der Waals surface area (Å²) in [4.78, 5) is 0. The lowest BCUT2D eigenvalue weighted by molar-refractivity contribution is 0.340. The number of methoxy groups -OCH3 is 2. The second kappa shape index (κ2) is 10.6. The van der Waals surface area contributed by atoms with Crippen molar-refractivity contribution in [1.82, 2.24) is 5.32 Å². The van der Waals surface area contributed by atoms with Gasteiger partial charge in [0.1, 0.15) is 11.8 Å². The minimum absolute atomic E-state index is 0.0366. The lowest BCUT2D eigenvalue weighted by atomic mass is 10.1. The molecule has 2 aromatic carbocycles. The van der Waals surface area contributed by atoms with E-state index in [0.717, 1.165) is 24.9 Å². The molecule has 0 aliphatic rings. The number of rotatable bonds is 9. The van der Waals surface area contributed by atoms with Gasteiger partial charge in [0.05, 0.1) is 14.2 Å². The van der Waals surface area contributed by atoms with Crippen molar-refractivity contribution >= 4 is 6.08 Å². The normalized spacial score (nSPS) is 11.2. The molecule has 0 aliphatic carbocycles. The standard InChI is InChI=1S/C22H24N2O3/c1-26-20-14-18(15-21(27-2)22(20)25)10-6-12-19(16-23)24-13-7-11-17-8-4-3-5-9-17/h3-6,8-10,12,14-15,24-25H,7,11,13H2,1-2H3. The van der Waals surface area contributed by atoms with Crippen molar-refractivity contribution in [1.29, 1.82) is 5.26 Å². The lowest BCUT2D eigenvalue weighted by Gasteiger charge is -2.09. The molecule has 0 heterocycles. The number of ether oxygens (including phenoxy) is 2. The van der Waals surface area contributed by atoms with Crippen molar-refractivity contribution in [2.24, 2.45) is 0 Å². The van der Waals surface area contributed by atoms with Crippen molar-refractivity contribution in [3.05, 3.63) is 71.4 Å². The zero-order valence-corrected chi connectivity index (χ0v) is 15.6. The first-order chi connectivity index (χ1) is 13.2. The summed E-state index contributed by atoms with van der Waals surface area (Å²) in [6.45, 7) is 0.725. The number of aromatic hydroxyl groups is 1. The Bertz CT molecular complexity index is 811. The molecule has 27 heavy (non-hydrogen) atoms. The number of aryl methyl sites for hydroxylation is 1. The lowest BCUT2D eigenvalue weighted by Crippen LogP contribution is -2.14. The second-order valence-corrected chi connectivity index (χ2v) is 5.84. The van der Waals surface area contributed by atoms with Crippen LogP contribution < -0.4 is 14.8 Å². The molecule has 0 saturated carbocycles. The van der Waals surface area contributed by atoms with Gasteiger partial charge in [-0.15, -0.1) is 0 Å². The Hall–Kier alpha value is -3.39. The molecule has 2 rings (SSSR count). The van der Waals surface area contributed by atoms with E-state index in [0.29, 0.717) is 17.2 Å². The molecule has 2 aromatic rings. The van der Waals surface area contributed by atoms with Crippen LogP contribution in [0.2, 0.25) is 0 Å². The van der Waals surface area contributed by atoms with Crippen molar-refractivity contribution in [3.8, 4) is 23.3 Å². The van der Waals surface area contributed by atoms with Crippen LogP contribution in [0.1, 0.15) is 17.5 Å². The summed E-state index contributed by atoms with van der Waals surface area (Å²) in [5, 5.41) is 22.3. The summed E-state index contributed by atoms with van der Waals surface area (Å²) in [7, 11) is 2.96. The molecule has 0 bridgehead atoms. The fourth-order valence-electron chi connectivity index (χ4n) is 2.56. The summed E-state index contributed by atoms with van der Waals surface area (Å²) in [6, 6.07) is 15.8. The van der Waals surface area contributed by atoms with Crippen LogP contribution in [0.4, 0.5) is 0 Å². The molecule has 140 valence electrons. The van der Waals surface area contributed by atoms with Gasteiger partial charge in [0.25, 0.3) is 0 Å². The fourth-order valence-corrected chi connectivity index (χ4v) is 2.56. The van der Waals surface area contributed by atoms with E-state index in [-0.39, 0.29) is 5.75 Å². The average molecular weight is 364 g/mol. The van der Waals surface area contributed by atoms with E-state index in [1.165, 1.54) is 19.8 Å². The van der Waals surface area contributed by atoms with Gasteiger partial charge in [0, 0.05) is 6.54 Å². The highest BCUT2D eigenvalue weighted by atomic mass is 16.5. The van der Waals surface area contributed by atoms with E-state index < -0.39 is 0 Å². The minimum Gasteiger partial charge on any atom is -0.502 e. The smallest absolute Gasteiger partial charge is 0.200 e. The van der Waals surface area contributed by atoms with Crippen LogP contribution in [0.25, 0.3) is 6.08 Å². The molecular weight excluding hydrogens is 340 g/mol. The molecule has 0 fully saturated rings. The Balaban J connectivity index is 1.93. The Morgan fingerprint density at radius 2 is 1.81 bits per heavy atom. The zero-order chi connectivity index (χ0) is 19.5. The van der Waals surface area contributed by atoms with Gasteiger partial charge in [-0.05, 0) is 42.2 Å². The van der Waals surface area contributed by atoms with Gasteiger partial charge in [-0.2, -0.15) is 5.26 Å². The first-order valence-electron chi connectivity index (χ1n) is 8.69. The summed E-state index contributed by atoms with van der Waals surface area (Å²) in [5.74, 6) is 0.625. The average Bonchev–Trinajstić information content (AvgIpc) is 2.71. The predicted molar refractivity (Wildman–Crippen MR) is 107 cm³/mol. The van der Waals surface area contributed by atoms with Crippen LogP contribution >= 0.6 is 0 Å². The van der Waals surface area contributed by atoms with Crippen molar-refractivity contribution in [3.63, 3.8) is 0 Å².